The van der Waals surface area contributed by atoms with Crippen LogP contribution in [0.3, 0.4) is 0 Å². The van der Waals surface area contributed by atoms with Crippen LogP contribution in [0.15, 0.2) is 18.2 Å². The number of nitrogens with zero attached hydrogens (tertiary/aromatic N) is 2. The molecule has 0 aliphatic rings. The number of Topliss-reactive ketones (excluding diaryl/α,β-unsaturated/α-hetero) is 1. The number of aryl methyl sites for hydroxylation is 4. The van der Waals surface area contributed by atoms with Gasteiger partial charge in [0.1, 0.15) is 10.7 Å². The van der Waals surface area contributed by atoms with E-state index in [1.165, 1.54) is 4.68 Å². The molecule has 0 aliphatic carbocycles. The van der Waals surface area contributed by atoms with Crippen molar-refractivity contribution in [2.24, 2.45) is 7.05 Å². The summed E-state index contributed by atoms with van der Waals surface area (Å²) in [5.74, 6) is -0.899. The third-order valence-corrected chi connectivity index (χ3v) is 4.23. The number of hydrogen-bond donors (Lipinski definition) is 0. The first-order chi connectivity index (χ1) is 10.7. The van der Waals surface area contributed by atoms with Crippen LogP contribution in [0.25, 0.3) is 0 Å². The Hall–Kier alpha value is -2.14. The van der Waals surface area contributed by atoms with Gasteiger partial charge in [-0.15, -0.1) is 0 Å². The normalized spacial score (nSPS) is 12.1. The number of hydrogen-bond acceptors (Lipinski definition) is 4. The van der Waals surface area contributed by atoms with E-state index in [0.29, 0.717) is 11.3 Å². The van der Waals surface area contributed by atoms with Crippen LogP contribution in [0.4, 0.5) is 0 Å². The summed E-state index contributed by atoms with van der Waals surface area (Å²) < 4.78 is 6.66. The Kier molecular flexibility index (Phi) is 4.90. The molecule has 0 radical (unpaired) electrons. The van der Waals surface area contributed by atoms with Crippen LogP contribution in [0.1, 0.15) is 44.5 Å². The summed E-state index contributed by atoms with van der Waals surface area (Å²) in [5.41, 5.74) is 3.29. The second-order valence-electron chi connectivity index (χ2n) is 5.59. The molecule has 0 saturated heterocycles. The summed E-state index contributed by atoms with van der Waals surface area (Å²) in [7, 11) is 1.63. The summed E-state index contributed by atoms with van der Waals surface area (Å²) >= 11 is 6.04. The molecule has 1 heterocycles. The molecular formula is C17H19ClN2O3. The fraction of sp³-hybridized carbons (Fsp3) is 0.353. The fourth-order valence-corrected chi connectivity index (χ4v) is 2.52. The first kappa shape index (κ1) is 17.2. The minimum Gasteiger partial charge on any atom is -0.451 e. The Morgan fingerprint density at radius 2 is 1.87 bits per heavy atom. The van der Waals surface area contributed by atoms with E-state index in [0.717, 1.165) is 11.1 Å². The minimum absolute atomic E-state index is 0.189. The maximum atomic E-state index is 12.4. The number of halogens is 1. The molecule has 0 amide bonds. The van der Waals surface area contributed by atoms with Gasteiger partial charge in [-0.25, -0.2) is 4.79 Å². The molecule has 0 N–H and O–H groups in total. The third-order valence-electron chi connectivity index (χ3n) is 3.80. The van der Waals surface area contributed by atoms with Gasteiger partial charge in [0.25, 0.3) is 0 Å². The van der Waals surface area contributed by atoms with Crippen LogP contribution in [-0.4, -0.2) is 27.6 Å². The van der Waals surface area contributed by atoms with Crippen molar-refractivity contribution in [3.8, 4) is 0 Å². The van der Waals surface area contributed by atoms with Gasteiger partial charge in [-0.2, -0.15) is 5.10 Å². The lowest BCUT2D eigenvalue weighted by Crippen LogP contribution is -2.25. The van der Waals surface area contributed by atoms with Crippen LogP contribution in [0.5, 0.6) is 0 Å². The van der Waals surface area contributed by atoms with E-state index >= 15 is 0 Å². The molecule has 23 heavy (non-hydrogen) atoms. The van der Waals surface area contributed by atoms with E-state index in [1.807, 2.05) is 19.9 Å². The lowest BCUT2D eigenvalue weighted by atomic mass is 10.0. The van der Waals surface area contributed by atoms with Crippen molar-refractivity contribution in [2.75, 3.05) is 0 Å². The highest BCUT2D eigenvalue weighted by molar-refractivity contribution is 6.32. The number of benzene rings is 1. The SMILES string of the molecule is Cc1ccc(C(=O)C(C)OC(=O)c2c(C)nn(C)c2Cl)cc1C. The molecule has 0 spiro atoms. The van der Waals surface area contributed by atoms with Gasteiger partial charge in [-0.3, -0.25) is 9.48 Å². The molecule has 1 unspecified atom stereocenters. The second-order valence-corrected chi connectivity index (χ2v) is 5.94. The second kappa shape index (κ2) is 6.54. The number of rotatable bonds is 4. The van der Waals surface area contributed by atoms with Crippen molar-refractivity contribution in [3.63, 3.8) is 0 Å². The minimum atomic E-state index is -0.903. The van der Waals surface area contributed by atoms with Crippen molar-refractivity contribution >= 4 is 23.4 Å². The molecule has 0 aliphatic heterocycles. The van der Waals surface area contributed by atoms with E-state index < -0.39 is 12.1 Å². The Morgan fingerprint density at radius 3 is 2.39 bits per heavy atom. The molecule has 1 aromatic heterocycles. The molecular weight excluding hydrogens is 316 g/mol. The lowest BCUT2D eigenvalue weighted by molar-refractivity contribution is 0.0318. The molecule has 0 fully saturated rings. The molecule has 1 atom stereocenters. The van der Waals surface area contributed by atoms with Gasteiger partial charge in [-0.1, -0.05) is 23.7 Å². The van der Waals surface area contributed by atoms with E-state index in [2.05, 4.69) is 5.10 Å². The molecule has 2 rings (SSSR count). The zero-order valence-electron chi connectivity index (χ0n) is 13.8. The highest BCUT2D eigenvalue weighted by Crippen LogP contribution is 2.21. The first-order valence-corrected chi connectivity index (χ1v) is 7.61. The van der Waals surface area contributed by atoms with Crippen molar-refractivity contribution in [1.82, 2.24) is 9.78 Å². The Bertz CT molecular complexity index is 780. The first-order valence-electron chi connectivity index (χ1n) is 7.24. The van der Waals surface area contributed by atoms with Gasteiger partial charge >= 0.3 is 5.97 Å². The topological polar surface area (TPSA) is 61.2 Å². The summed E-state index contributed by atoms with van der Waals surface area (Å²) in [4.78, 5) is 24.7. The van der Waals surface area contributed by atoms with E-state index in [4.69, 9.17) is 16.3 Å². The van der Waals surface area contributed by atoms with Gasteiger partial charge in [-0.05, 0) is 44.9 Å². The Labute approximate surface area is 140 Å². The Balaban J connectivity index is 2.17. The molecule has 2 aromatic rings. The fourth-order valence-electron chi connectivity index (χ4n) is 2.26. The van der Waals surface area contributed by atoms with E-state index in [-0.39, 0.29) is 16.5 Å². The van der Waals surface area contributed by atoms with Gasteiger partial charge in [0.05, 0.1) is 5.69 Å². The van der Waals surface area contributed by atoms with Gasteiger partial charge in [0, 0.05) is 12.6 Å². The third kappa shape index (κ3) is 3.45. The van der Waals surface area contributed by atoms with Gasteiger partial charge in [0.2, 0.25) is 5.78 Å². The van der Waals surface area contributed by atoms with Crippen LogP contribution >= 0.6 is 11.6 Å². The average Bonchev–Trinajstić information content (AvgIpc) is 2.74. The van der Waals surface area contributed by atoms with Crippen LogP contribution < -0.4 is 0 Å². The standard InChI is InChI=1S/C17H19ClN2O3/c1-9-6-7-13(8-10(9)2)15(21)12(4)23-17(22)14-11(3)19-20(5)16(14)18/h6-8,12H,1-5H3. The van der Waals surface area contributed by atoms with Crippen LogP contribution in [0.2, 0.25) is 5.15 Å². The number of ketones is 1. The van der Waals surface area contributed by atoms with Gasteiger partial charge in [0.15, 0.2) is 6.10 Å². The molecule has 5 nitrogen and oxygen atoms in total. The highest BCUT2D eigenvalue weighted by Gasteiger charge is 2.25. The number of carbonyl (C=O) groups is 2. The van der Waals surface area contributed by atoms with Crippen molar-refractivity contribution in [3.05, 3.63) is 51.3 Å². The smallest absolute Gasteiger partial charge is 0.343 e. The molecule has 1 aromatic carbocycles. The molecule has 6 heteroatoms. The summed E-state index contributed by atoms with van der Waals surface area (Å²) in [6.45, 7) is 7.12. The van der Waals surface area contributed by atoms with Crippen molar-refractivity contribution < 1.29 is 14.3 Å². The quantitative estimate of drug-likeness (QED) is 0.635. The maximum absolute atomic E-state index is 12.4. The lowest BCUT2D eigenvalue weighted by Gasteiger charge is -2.13. The average molecular weight is 335 g/mol. The number of aromatic nitrogens is 2. The van der Waals surface area contributed by atoms with E-state index in [1.54, 1.807) is 33.0 Å². The monoisotopic (exact) mass is 334 g/mol. The number of esters is 1. The summed E-state index contributed by atoms with van der Waals surface area (Å²) in [6, 6.07) is 5.40. The van der Waals surface area contributed by atoms with Gasteiger partial charge < -0.3 is 4.74 Å². The van der Waals surface area contributed by atoms with E-state index in [9.17, 15) is 9.59 Å². The van der Waals surface area contributed by atoms with Crippen molar-refractivity contribution in [1.29, 1.82) is 0 Å². The number of carbonyl (C=O) groups excluding carboxylic acids is 2. The number of ether oxygens (including phenoxy) is 1. The van der Waals surface area contributed by atoms with Crippen LogP contribution in [0, 0.1) is 20.8 Å². The van der Waals surface area contributed by atoms with Crippen molar-refractivity contribution in [2.45, 2.75) is 33.8 Å². The molecule has 0 saturated carbocycles. The van der Waals surface area contributed by atoms with Crippen LogP contribution in [-0.2, 0) is 11.8 Å². The predicted octanol–water partition coefficient (Wildman–Crippen LogP) is 3.43. The maximum Gasteiger partial charge on any atom is 0.343 e. The summed E-state index contributed by atoms with van der Waals surface area (Å²) in [5, 5.41) is 4.26. The zero-order chi connectivity index (χ0) is 17.3. The molecule has 0 bridgehead atoms. The molecule has 122 valence electrons. The Morgan fingerprint density at radius 1 is 1.22 bits per heavy atom. The largest absolute Gasteiger partial charge is 0.451 e. The highest BCUT2D eigenvalue weighted by atomic mass is 35.5. The summed E-state index contributed by atoms with van der Waals surface area (Å²) in [6.07, 6.45) is -0.903. The predicted molar refractivity (Wildman–Crippen MR) is 88.1 cm³/mol. The zero-order valence-corrected chi connectivity index (χ0v) is 14.6.